The molecule has 10 aromatic carbocycles. The number of likely N-dealkylation sites (tertiary alicyclic amines) is 2. The number of carbonyl (C=O) groups is 6. The van der Waals surface area contributed by atoms with Gasteiger partial charge in [-0.25, -0.2) is 26.4 Å². The third-order valence-electron chi connectivity index (χ3n) is 22.8. The third kappa shape index (κ3) is 27.5. The summed E-state index contributed by atoms with van der Waals surface area (Å²) >= 11 is 0. The Balaban J connectivity index is 0.000000187. The predicted molar refractivity (Wildman–Crippen MR) is 497 cm³/mol. The third-order valence-corrected chi connectivity index (χ3v) is 34.6. The summed E-state index contributed by atoms with van der Waals surface area (Å²) in [5.74, 6) is -2.74. The van der Waals surface area contributed by atoms with Crippen LogP contribution in [-0.2, 0) is 37.8 Å². The highest BCUT2D eigenvalue weighted by molar-refractivity contribution is 7.91. The van der Waals surface area contributed by atoms with Crippen LogP contribution in [0.15, 0.2) is 267 Å². The zero-order valence-electron chi connectivity index (χ0n) is 72.9. The van der Waals surface area contributed by atoms with Gasteiger partial charge in [-0.1, -0.05) is 236 Å². The number of carbonyl (C=O) groups excluding carboxylic acids is 5. The van der Waals surface area contributed by atoms with Gasteiger partial charge in [0.2, 0.25) is 11.8 Å². The predicted octanol–water partition coefficient (Wildman–Crippen LogP) is 15.0. The Kier molecular flexibility index (Phi) is 36.7. The molecule has 126 heavy (non-hydrogen) atoms. The van der Waals surface area contributed by atoms with Gasteiger partial charge in [0.25, 0.3) is 34.4 Å². The molecule has 0 radical (unpaired) electrons. The first kappa shape index (κ1) is 97.2. The molecule has 0 aliphatic carbocycles. The van der Waals surface area contributed by atoms with Gasteiger partial charge >= 0.3 is 5.97 Å². The lowest BCUT2D eigenvalue weighted by Crippen LogP contribution is -2.66. The van der Waals surface area contributed by atoms with Crippen molar-refractivity contribution in [2.24, 2.45) is 0 Å². The number of aliphatic carboxylic acids is 1. The molecule has 4 saturated heterocycles. The average molecular weight is 1770 g/mol. The molecule has 3 atom stereocenters. The van der Waals surface area contributed by atoms with Gasteiger partial charge in [0, 0.05) is 95.4 Å². The first-order valence-electron chi connectivity index (χ1n) is 43.5. The van der Waals surface area contributed by atoms with Gasteiger partial charge in [0.1, 0.15) is 35.6 Å². The highest BCUT2D eigenvalue weighted by Gasteiger charge is 2.52. The lowest BCUT2D eigenvalue weighted by Gasteiger charge is -2.43. The molecule has 6 N–H and O–H groups in total. The van der Waals surface area contributed by atoms with Crippen LogP contribution in [0, 0.1) is 17.5 Å². The van der Waals surface area contributed by atoms with Crippen molar-refractivity contribution in [1.29, 1.82) is 0 Å². The number of halogens is 3. The molecule has 10 aromatic rings. The molecular weight excluding hydrogens is 1650 g/mol. The zero-order valence-corrected chi connectivity index (χ0v) is 75.7. The number of aliphatic hydroxyl groups excluding tert-OH is 1. The van der Waals surface area contributed by atoms with Crippen LogP contribution in [-0.4, -0.2) is 183 Å². The first-order valence-corrected chi connectivity index (χ1v) is 49.1. The minimum absolute atomic E-state index is 0.0583. The largest absolute Gasteiger partial charge is 0.480 e. The summed E-state index contributed by atoms with van der Waals surface area (Å²) in [6.45, 7) is 19.5. The van der Waals surface area contributed by atoms with E-state index < -0.39 is 56.5 Å². The van der Waals surface area contributed by atoms with Gasteiger partial charge in [-0.3, -0.25) is 24.0 Å². The number of carboxylic acid groups (broad SMARTS) is 1. The number of ether oxygens (including phenoxy) is 1. The van der Waals surface area contributed by atoms with Crippen LogP contribution in [0.2, 0.25) is 10.1 Å². The summed E-state index contributed by atoms with van der Waals surface area (Å²) in [5.41, 5.74) is 6.34. The molecule has 0 saturated carbocycles. The molecule has 5 amide bonds. The van der Waals surface area contributed by atoms with Crippen molar-refractivity contribution < 1.29 is 74.2 Å². The van der Waals surface area contributed by atoms with Crippen molar-refractivity contribution >= 4 is 82.7 Å². The van der Waals surface area contributed by atoms with Gasteiger partial charge in [-0.05, 0) is 201 Å². The highest BCUT2D eigenvalue weighted by Crippen LogP contribution is 2.39. The number of hydrogen-bond acceptors (Lipinski definition) is 13. The van der Waals surface area contributed by atoms with Gasteiger partial charge < -0.3 is 54.9 Å². The molecular formula is C101H119F3N6O13SSi2. The Morgan fingerprint density at radius 3 is 0.913 bits per heavy atom. The fourth-order valence-corrected chi connectivity index (χ4v) is 26.3. The lowest BCUT2D eigenvalue weighted by atomic mass is 10.0. The maximum absolute atomic E-state index is 13.9. The van der Waals surface area contributed by atoms with E-state index in [0.29, 0.717) is 80.5 Å². The van der Waals surface area contributed by atoms with Gasteiger partial charge in [0.05, 0.1) is 11.5 Å². The van der Waals surface area contributed by atoms with Crippen molar-refractivity contribution in [2.75, 3.05) is 83.8 Å². The van der Waals surface area contributed by atoms with E-state index in [0.717, 1.165) is 95.5 Å². The quantitative estimate of drug-likeness (QED) is 0.0276. The number of sulfone groups is 1. The Bertz CT molecular complexity index is 5090. The second-order valence-electron chi connectivity index (χ2n) is 33.8. The van der Waals surface area contributed by atoms with Gasteiger partial charge in [-0.2, -0.15) is 0 Å². The molecule has 4 aliphatic rings. The number of aliphatic hydroxyl groups is 1. The van der Waals surface area contributed by atoms with E-state index in [4.69, 9.17) is 13.6 Å². The summed E-state index contributed by atoms with van der Waals surface area (Å²) in [4.78, 5) is 81.4. The van der Waals surface area contributed by atoms with Crippen LogP contribution in [0.5, 0.6) is 0 Å². The summed E-state index contributed by atoms with van der Waals surface area (Å²) in [6, 6.07) is 77.9. The number of amides is 5. The van der Waals surface area contributed by atoms with Crippen LogP contribution in [0.25, 0.3) is 33.4 Å². The van der Waals surface area contributed by atoms with E-state index in [9.17, 15) is 60.6 Å². The maximum Gasteiger partial charge on any atom is 0.326 e. The highest BCUT2D eigenvalue weighted by atomic mass is 32.2. The molecule has 0 spiro atoms. The van der Waals surface area contributed by atoms with E-state index in [1.807, 2.05) is 65.6 Å². The molecule has 19 nitrogen and oxygen atoms in total. The second-order valence-corrected chi connectivity index (χ2v) is 44.7. The van der Waals surface area contributed by atoms with Crippen molar-refractivity contribution in [1.82, 2.24) is 31.1 Å². The van der Waals surface area contributed by atoms with Crippen molar-refractivity contribution in [3.05, 3.63) is 301 Å². The van der Waals surface area contributed by atoms with Crippen molar-refractivity contribution in [2.45, 2.75) is 140 Å². The standard InChI is InChI=1S/C38H43FN2O3Si.C33H34FNO4Si.C22H25FN2O3.C4H9NO2S.C4H8O/c1-38(2,3)45(33-13-7-4-8-14-33,34-15-9-5-10-16-34)44-28-25-35(37(43)41-26-11-6-12-27-41)40-36(42)31-19-17-29(18-20-31)30-21-23-32(39)24-22-30;1-33(2,3)40(28-10-6-4-7-11-28,29-12-8-5-9-13-29)39-23-22-30(32(37)38)35-31(36)26-16-14-24(15-17-26)25-18-20-27(34)21-19-25;23-19-10-8-17(9-11-19)16-4-6-18(7-5-16)21(27)24-20(12-15-26)22(28)25-13-2-1-3-14-25;6-8(7)3-1-5-2-4-8;1-2-4-5-3-1/h4-5,7-10,13-24,35H,6,11-12,25-28H2,1-3H3,(H,40,42);4-21,30H,22-23H2,1-3H3,(H,35,36)(H,37,38);4-11,20,26H,1-3,12-15H2,(H,24,27);5H,1-4H2;1-4H2/t35-;30-;20-;;/m000../s1. The SMILES string of the molecule is C1CCOC1.CC(C)(C)[Si](OCC[C@H](NC(=O)c1ccc(-c2ccc(F)cc2)cc1)C(=O)N1CCCCC1)(c1ccccc1)c1ccccc1.CC(C)(C)[Si](OCC[C@H](NC(=O)c1ccc(-c2ccc(F)cc2)cc1)C(=O)O)(c1ccccc1)c1ccccc1.O=C(N[C@@H](CCO)C(=O)N1CCCCC1)c1ccc(-c2ccc(F)cc2)cc1.O=S1(=O)CCNCC1. The molecule has 0 aromatic heterocycles. The number of hydrogen-bond donors (Lipinski definition) is 6. The normalized spacial score (nSPS) is 15.2. The minimum atomic E-state index is -2.83. The number of benzene rings is 10. The Morgan fingerprint density at radius 1 is 0.397 bits per heavy atom. The molecule has 4 fully saturated rings. The molecule has 4 heterocycles. The summed E-state index contributed by atoms with van der Waals surface area (Å²) in [6.07, 6.45) is 9.31. The van der Waals surface area contributed by atoms with Crippen LogP contribution in [0.1, 0.15) is 143 Å². The van der Waals surface area contributed by atoms with Crippen LogP contribution < -0.4 is 42.0 Å². The topological polar surface area (TPSA) is 259 Å². The van der Waals surface area contributed by atoms with Gasteiger partial charge in [-0.15, -0.1) is 0 Å². The van der Waals surface area contributed by atoms with Crippen molar-refractivity contribution in [3.63, 3.8) is 0 Å². The van der Waals surface area contributed by atoms with E-state index in [1.165, 1.54) is 59.6 Å². The van der Waals surface area contributed by atoms with Crippen molar-refractivity contribution in [3.8, 4) is 33.4 Å². The summed E-state index contributed by atoms with van der Waals surface area (Å²) < 4.78 is 79.7. The Morgan fingerprint density at radius 2 is 0.667 bits per heavy atom. The fourth-order valence-electron chi connectivity index (χ4n) is 16.0. The minimum Gasteiger partial charge on any atom is -0.480 e. The average Bonchev–Trinajstić information content (AvgIpc) is 0.829. The smallest absolute Gasteiger partial charge is 0.326 e. The molecule has 0 unspecified atom stereocenters. The summed E-state index contributed by atoms with van der Waals surface area (Å²) in [7, 11) is -8.27. The van der Waals surface area contributed by atoms with E-state index in [1.54, 1.807) is 102 Å². The van der Waals surface area contributed by atoms with E-state index >= 15 is 0 Å². The molecule has 25 heteroatoms. The number of nitrogens with one attached hydrogen (secondary N) is 4. The van der Waals surface area contributed by atoms with Gasteiger partial charge in [0.15, 0.2) is 9.84 Å². The van der Waals surface area contributed by atoms with E-state index in [2.05, 4.69) is 136 Å². The second kappa shape index (κ2) is 47.5. The number of rotatable bonds is 26. The number of nitrogens with zero attached hydrogens (tertiary/aromatic N) is 2. The Labute approximate surface area is 742 Å². The maximum atomic E-state index is 13.9. The monoisotopic (exact) mass is 1770 g/mol. The fraction of sp³-hybridized carbons (Fsp3) is 0.347. The molecule has 0 bridgehead atoms. The van der Waals surface area contributed by atoms with Crippen LogP contribution in [0.3, 0.4) is 0 Å². The lowest BCUT2D eigenvalue weighted by molar-refractivity contribution is -0.139. The Hall–Kier alpha value is -11.0. The van der Waals surface area contributed by atoms with Crippen LogP contribution >= 0.6 is 0 Å². The zero-order chi connectivity index (χ0) is 90.1. The van der Waals surface area contributed by atoms with E-state index in [-0.39, 0.29) is 77.2 Å². The molecule has 14 rings (SSSR count). The first-order chi connectivity index (χ1) is 60.6. The number of carboxylic acids is 1. The number of piperidine rings is 2. The molecule has 4 aliphatic heterocycles. The summed E-state index contributed by atoms with van der Waals surface area (Å²) in [5, 5.41) is 34.8. The van der Waals surface area contributed by atoms with Crippen LogP contribution in [0.4, 0.5) is 13.2 Å². The molecule has 666 valence electrons.